The van der Waals surface area contributed by atoms with E-state index in [0.29, 0.717) is 6.54 Å². The van der Waals surface area contributed by atoms with Gasteiger partial charge in [0.1, 0.15) is 5.65 Å². The predicted octanol–water partition coefficient (Wildman–Crippen LogP) is 4.08. The molecule has 6 nitrogen and oxygen atoms in total. The maximum Gasteiger partial charge on any atom is 0.251 e. The van der Waals surface area contributed by atoms with E-state index in [-0.39, 0.29) is 10.5 Å². The predicted molar refractivity (Wildman–Crippen MR) is 126 cm³/mol. The zero-order valence-electron chi connectivity index (χ0n) is 17.7. The second-order valence-electron chi connectivity index (χ2n) is 7.90. The van der Waals surface area contributed by atoms with Crippen LogP contribution in [0, 0.1) is 6.92 Å². The number of imidazole rings is 1. The molecule has 32 heavy (non-hydrogen) atoms. The molecule has 0 radical (unpaired) electrons. The first kappa shape index (κ1) is 20.2. The second-order valence-corrected chi connectivity index (χ2v) is 9.92. The van der Waals surface area contributed by atoms with E-state index in [0.717, 1.165) is 39.1 Å². The van der Waals surface area contributed by atoms with Crippen molar-refractivity contribution in [1.29, 1.82) is 0 Å². The molecule has 3 heterocycles. The molecule has 7 heteroatoms. The minimum atomic E-state index is -3.24. The lowest BCUT2D eigenvalue weighted by atomic mass is 10.1. The number of sulfone groups is 1. The highest BCUT2D eigenvalue weighted by molar-refractivity contribution is 7.90. The van der Waals surface area contributed by atoms with Crippen LogP contribution in [-0.2, 0) is 16.4 Å². The molecule has 0 aliphatic carbocycles. The number of pyridine rings is 2. The Hall–Kier alpha value is -3.71. The van der Waals surface area contributed by atoms with Crippen LogP contribution in [0.15, 0.2) is 88.7 Å². The smallest absolute Gasteiger partial charge is 0.251 e. The topological polar surface area (TPSA) is 73.4 Å². The molecule has 0 aliphatic heterocycles. The molecule has 5 rings (SSSR count). The van der Waals surface area contributed by atoms with E-state index in [4.69, 9.17) is 0 Å². The van der Waals surface area contributed by atoms with Crippen molar-refractivity contribution >= 4 is 26.4 Å². The Balaban J connectivity index is 1.62. The van der Waals surface area contributed by atoms with Crippen LogP contribution in [0.2, 0.25) is 0 Å². The molecule has 3 aromatic heterocycles. The lowest BCUT2D eigenvalue weighted by molar-refractivity contribution is 0.602. The molecule has 0 atom stereocenters. The first-order valence-electron chi connectivity index (χ1n) is 10.2. The summed E-state index contributed by atoms with van der Waals surface area (Å²) < 4.78 is 27.3. The molecule has 5 aromatic rings. The summed E-state index contributed by atoms with van der Waals surface area (Å²) in [6.07, 6.45) is 3.18. The van der Waals surface area contributed by atoms with Gasteiger partial charge < -0.3 is 8.97 Å². The highest BCUT2D eigenvalue weighted by Crippen LogP contribution is 2.24. The monoisotopic (exact) mass is 443 g/mol. The molecule has 0 N–H and O–H groups in total. The minimum absolute atomic E-state index is 0.0643. The van der Waals surface area contributed by atoms with Crippen LogP contribution in [0.3, 0.4) is 0 Å². The molecule has 0 aliphatic rings. The summed E-state index contributed by atoms with van der Waals surface area (Å²) in [6, 6.07) is 22.0. The molecule has 0 amide bonds. The van der Waals surface area contributed by atoms with Gasteiger partial charge in [-0.2, -0.15) is 0 Å². The summed E-state index contributed by atoms with van der Waals surface area (Å²) in [5.41, 5.74) is 5.22. The largest absolute Gasteiger partial charge is 0.302 e. The summed E-state index contributed by atoms with van der Waals surface area (Å²) >= 11 is 0. The first-order chi connectivity index (χ1) is 15.3. The fourth-order valence-electron chi connectivity index (χ4n) is 4.02. The zero-order chi connectivity index (χ0) is 22.5. The maximum absolute atomic E-state index is 12.7. The minimum Gasteiger partial charge on any atom is -0.302 e. The van der Waals surface area contributed by atoms with E-state index in [1.54, 1.807) is 34.9 Å². The lowest BCUT2D eigenvalue weighted by Gasteiger charge is -2.11. The fraction of sp³-hybridized carbons (Fsp3) is 0.120. The Morgan fingerprint density at radius 3 is 2.34 bits per heavy atom. The van der Waals surface area contributed by atoms with Gasteiger partial charge in [-0.3, -0.25) is 4.79 Å². The summed E-state index contributed by atoms with van der Waals surface area (Å²) in [4.78, 5) is 17.6. The molecular formula is C25H21N3O3S. The van der Waals surface area contributed by atoms with E-state index >= 15 is 0 Å². The van der Waals surface area contributed by atoms with Gasteiger partial charge in [0.25, 0.3) is 5.56 Å². The highest BCUT2D eigenvalue weighted by atomic mass is 32.2. The molecule has 2 aromatic carbocycles. The molecule has 0 unspecified atom stereocenters. The second kappa shape index (κ2) is 7.46. The third-order valence-corrected chi connectivity index (χ3v) is 6.87. The van der Waals surface area contributed by atoms with Crippen molar-refractivity contribution in [3.63, 3.8) is 0 Å². The number of para-hydroxylation sites is 1. The Kier molecular flexibility index (Phi) is 4.71. The van der Waals surface area contributed by atoms with Gasteiger partial charge in [0.05, 0.1) is 28.3 Å². The van der Waals surface area contributed by atoms with Gasteiger partial charge in [-0.05, 0) is 59.8 Å². The van der Waals surface area contributed by atoms with Crippen molar-refractivity contribution in [3.05, 3.63) is 101 Å². The lowest BCUT2D eigenvalue weighted by Crippen LogP contribution is -2.21. The number of nitrogens with zero attached hydrogens (tertiary/aromatic N) is 3. The van der Waals surface area contributed by atoms with Crippen LogP contribution in [0.1, 0.15) is 11.4 Å². The van der Waals surface area contributed by atoms with Gasteiger partial charge in [0, 0.05) is 18.5 Å². The molecule has 0 fully saturated rings. The SMILES string of the molecule is Cc1nc2ccc(-c3ccc(S(C)(=O)=O)cc3)cn2c1Cn1c(=O)ccc2ccccc21. The van der Waals surface area contributed by atoms with Crippen molar-refractivity contribution < 1.29 is 8.42 Å². The van der Waals surface area contributed by atoms with Crippen molar-refractivity contribution in [2.24, 2.45) is 0 Å². The van der Waals surface area contributed by atoms with Gasteiger partial charge in [-0.25, -0.2) is 13.4 Å². The number of hydrogen-bond acceptors (Lipinski definition) is 4. The Morgan fingerprint density at radius 2 is 1.59 bits per heavy atom. The number of rotatable bonds is 4. The first-order valence-corrected chi connectivity index (χ1v) is 12.1. The van der Waals surface area contributed by atoms with Gasteiger partial charge >= 0.3 is 0 Å². The molecular weight excluding hydrogens is 422 g/mol. The van der Waals surface area contributed by atoms with Crippen LogP contribution >= 0.6 is 0 Å². The van der Waals surface area contributed by atoms with Crippen LogP contribution in [0.5, 0.6) is 0 Å². The van der Waals surface area contributed by atoms with Crippen molar-refractivity contribution in [2.75, 3.05) is 6.26 Å². The number of hydrogen-bond donors (Lipinski definition) is 0. The molecule has 0 spiro atoms. The quantitative estimate of drug-likeness (QED) is 0.420. The average Bonchev–Trinajstić information content (AvgIpc) is 3.09. The third kappa shape index (κ3) is 3.50. The van der Waals surface area contributed by atoms with Gasteiger partial charge in [0.2, 0.25) is 0 Å². The Labute approximate surface area is 185 Å². The molecule has 0 saturated heterocycles. The maximum atomic E-state index is 12.7. The highest BCUT2D eigenvalue weighted by Gasteiger charge is 2.13. The van der Waals surface area contributed by atoms with Crippen LogP contribution in [0.4, 0.5) is 0 Å². The van der Waals surface area contributed by atoms with Crippen molar-refractivity contribution in [3.8, 4) is 11.1 Å². The van der Waals surface area contributed by atoms with Crippen molar-refractivity contribution in [2.45, 2.75) is 18.4 Å². The summed E-state index contributed by atoms with van der Waals surface area (Å²) in [6.45, 7) is 2.34. The van der Waals surface area contributed by atoms with Crippen LogP contribution < -0.4 is 5.56 Å². The Bertz CT molecular complexity index is 1650. The normalized spacial score (nSPS) is 11.9. The van der Waals surface area contributed by atoms with Crippen LogP contribution in [-0.4, -0.2) is 28.6 Å². The molecule has 0 saturated carbocycles. The van der Waals surface area contributed by atoms with E-state index in [1.165, 1.54) is 6.26 Å². The molecule has 160 valence electrons. The third-order valence-electron chi connectivity index (χ3n) is 5.74. The summed E-state index contributed by atoms with van der Waals surface area (Å²) in [5, 5.41) is 1.00. The molecule has 0 bridgehead atoms. The van der Waals surface area contributed by atoms with Crippen LogP contribution in [0.25, 0.3) is 27.7 Å². The van der Waals surface area contributed by atoms with Gasteiger partial charge in [0.15, 0.2) is 9.84 Å². The summed E-state index contributed by atoms with van der Waals surface area (Å²) in [5.74, 6) is 0. The van der Waals surface area contributed by atoms with E-state index in [9.17, 15) is 13.2 Å². The number of aromatic nitrogens is 3. The van der Waals surface area contributed by atoms with E-state index in [2.05, 4.69) is 4.98 Å². The Morgan fingerprint density at radius 1 is 0.875 bits per heavy atom. The number of fused-ring (bicyclic) bond motifs is 2. The fourth-order valence-corrected chi connectivity index (χ4v) is 4.65. The van der Waals surface area contributed by atoms with E-state index in [1.807, 2.05) is 60.0 Å². The number of aryl methyl sites for hydroxylation is 1. The average molecular weight is 444 g/mol. The van der Waals surface area contributed by atoms with Gasteiger partial charge in [-0.15, -0.1) is 0 Å². The summed E-state index contributed by atoms with van der Waals surface area (Å²) in [7, 11) is -3.24. The van der Waals surface area contributed by atoms with Crippen molar-refractivity contribution in [1.82, 2.24) is 14.0 Å². The zero-order valence-corrected chi connectivity index (χ0v) is 18.5. The van der Waals surface area contributed by atoms with E-state index < -0.39 is 9.84 Å². The number of benzene rings is 2. The standard InChI is InChI=1S/C25H21N3O3S/c1-17-23(16-28-22-6-4-3-5-19(22)10-14-25(28)29)27-15-20(9-13-24(27)26-17)18-7-11-21(12-8-18)32(2,30)31/h3-15H,16H2,1-2H3. The van der Waals surface area contributed by atoms with Gasteiger partial charge in [-0.1, -0.05) is 30.3 Å².